The normalized spacial score (nSPS) is 14.6. The second-order valence-corrected chi connectivity index (χ2v) is 4.09. The lowest BCUT2D eigenvalue weighted by atomic mass is 10.1. The van der Waals surface area contributed by atoms with Crippen LogP contribution in [0.1, 0.15) is 12.5 Å². The second kappa shape index (κ2) is 5.05. The number of carbonyl (C=O) groups is 1. The number of hydrogen-bond donors (Lipinski definition) is 2. The van der Waals surface area contributed by atoms with Crippen molar-refractivity contribution in [1.29, 1.82) is 0 Å². The monoisotopic (exact) mass is 236 g/mol. The molecule has 0 radical (unpaired) electrons. The number of amides is 1. The quantitative estimate of drug-likeness (QED) is 0.786. The van der Waals surface area contributed by atoms with Crippen LogP contribution in [-0.4, -0.2) is 19.2 Å². The molecule has 17 heavy (non-hydrogen) atoms. The Bertz CT molecular complexity index is 420. The summed E-state index contributed by atoms with van der Waals surface area (Å²) in [6.07, 6.45) is 0. The van der Waals surface area contributed by atoms with Crippen LogP contribution >= 0.6 is 0 Å². The Hall–Kier alpha value is -1.75. The molecule has 1 unspecified atom stereocenters. The summed E-state index contributed by atoms with van der Waals surface area (Å²) in [5, 5.41) is 3.18. The minimum atomic E-state index is -0.296. The lowest BCUT2D eigenvalue weighted by Gasteiger charge is -2.10. The third kappa shape index (κ3) is 2.68. The molecule has 0 bridgehead atoms. The van der Waals surface area contributed by atoms with Crippen molar-refractivity contribution in [3.8, 4) is 11.5 Å². The molecule has 92 valence electrons. The molecule has 0 spiro atoms. The predicted molar refractivity (Wildman–Crippen MR) is 62.6 cm³/mol. The smallest absolute Gasteiger partial charge is 0.231 e. The predicted octanol–water partition coefficient (Wildman–Crippen LogP) is 0.626. The first-order valence-corrected chi connectivity index (χ1v) is 5.56. The number of carbonyl (C=O) groups excluding carboxylic acids is 1. The van der Waals surface area contributed by atoms with Crippen LogP contribution in [0, 0.1) is 5.92 Å². The Morgan fingerprint density at radius 3 is 3.12 bits per heavy atom. The van der Waals surface area contributed by atoms with Gasteiger partial charge in [-0.1, -0.05) is 19.1 Å². The molecule has 1 aromatic rings. The molecule has 1 atom stereocenters. The standard InChI is InChI=1S/C12H16N2O3/c1-8(12(13)15)5-14-6-9-3-2-4-10-11(9)17-7-16-10/h2-4,8,14H,5-7H2,1H3,(H2,13,15). The third-order valence-corrected chi connectivity index (χ3v) is 2.73. The first-order chi connectivity index (χ1) is 8.18. The summed E-state index contributed by atoms with van der Waals surface area (Å²) in [6, 6.07) is 5.76. The average molecular weight is 236 g/mol. The number of hydrogen-bond acceptors (Lipinski definition) is 4. The number of nitrogens with one attached hydrogen (secondary N) is 1. The van der Waals surface area contributed by atoms with Crippen LogP contribution in [0.15, 0.2) is 18.2 Å². The lowest BCUT2D eigenvalue weighted by molar-refractivity contribution is -0.121. The van der Waals surface area contributed by atoms with Gasteiger partial charge in [0.2, 0.25) is 12.7 Å². The van der Waals surface area contributed by atoms with Crippen molar-refractivity contribution in [2.45, 2.75) is 13.5 Å². The first-order valence-electron chi connectivity index (χ1n) is 5.56. The molecule has 0 fully saturated rings. The van der Waals surface area contributed by atoms with Gasteiger partial charge in [0.25, 0.3) is 0 Å². The second-order valence-electron chi connectivity index (χ2n) is 4.09. The van der Waals surface area contributed by atoms with Gasteiger partial charge in [0, 0.05) is 24.6 Å². The fraction of sp³-hybridized carbons (Fsp3) is 0.417. The van der Waals surface area contributed by atoms with E-state index in [0.29, 0.717) is 13.1 Å². The van der Waals surface area contributed by atoms with Crippen LogP contribution in [0.3, 0.4) is 0 Å². The van der Waals surface area contributed by atoms with Gasteiger partial charge in [-0.2, -0.15) is 0 Å². The van der Waals surface area contributed by atoms with Crippen molar-refractivity contribution in [2.75, 3.05) is 13.3 Å². The molecule has 1 aliphatic heterocycles. The van der Waals surface area contributed by atoms with Crippen LogP contribution in [0.4, 0.5) is 0 Å². The van der Waals surface area contributed by atoms with E-state index in [0.717, 1.165) is 17.1 Å². The number of benzene rings is 1. The van der Waals surface area contributed by atoms with Crippen molar-refractivity contribution >= 4 is 5.91 Å². The van der Waals surface area contributed by atoms with E-state index < -0.39 is 0 Å². The zero-order valence-electron chi connectivity index (χ0n) is 9.73. The van der Waals surface area contributed by atoms with Gasteiger partial charge in [0.1, 0.15) is 0 Å². The topological polar surface area (TPSA) is 73.6 Å². The van der Waals surface area contributed by atoms with Crippen molar-refractivity contribution < 1.29 is 14.3 Å². The molecule has 5 nitrogen and oxygen atoms in total. The highest BCUT2D eigenvalue weighted by Gasteiger charge is 2.17. The minimum absolute atomic E-state index is 0.177. The number of primary amides is 1. The van der Waals surface area contributed by atoms with Gasteiger partial charge in [-0.05, 0) is 6.07 Å². The van der Waals surface area contributed by atoms with E-state index in [9.17, 15) is 4.79 Å². The van der Waals surface area contributed by atoms with Gasteiger partial charge in [-0.3, -0.25) is 4.79 Å². The highest BCUT2D eigenvalue weighted by molar-refractivity contribution is 5.76. The number of ether oxygens (including phenoxy) is 2. The van der Waals surface area contributed by atoms with Crippen molar-refractivity contribution in [1.82, 2.24) is 5.32 Å². The largest absolute Gasteiger partial charge is 0.454 e. The lowest BCUT2D eigenvalue weighted by Crippen LogP contribution is -2.30. The van der Waals surface area contributed by atoms with E-state index in [-0.39, 0.29) is 18.6 Å². The zero-order chi connectivity index (χ0) is 12.3. The summed E-state index contributed by atoms with van der Waals surface area (Å²) in [7, 11) is 0. The zero-order valence-corrected chi connectivity index (χ0v) is 9.73. The first kappa shape index (κ1) is 11.7. The van der Waals surface area contributed by atoms with Crippen LogP contribution in [0.5, 0.6) is 11.5 Å². The van der Waals surface area contributed by atoms with Crippen molar-refractivity contribution in [3.05, 3.63) is 23.8 Å². The van der Waals surface area contributed by atoms with Gasteiger partial charge in [0.15, 0.2) is 11.5 Å². The van der Waals surface area contributed by atoms with Gasteiger partial charge < -0.3 is 20.5 Å². The summed E-state index contributed by atoms with van der Waals surface area (Å²) in [5.41, 5.74) is 6.21. The van der Waals surface area contributed by atoms with Gasteiger partial charge in [0.05, 0.1) is 0 Å². The average Bonchev–Trinajstić information content (AvgIpc) is 2.77. The summed E-state index contributed by atoms with van der Waals surface area (Å²) in [5.74, 6) is 1.08. The Labute approximate surface area is 99.9 Å². The van der Waals surface area contributed by atoms with Crippen LogP contribution in [0.2, 0.25) is 0 Å². The molecule has 3 N–H and O–H groups in total. The molecule has 5 heteroatoms. The van der Waals surface area contributed by atoms with Crippen LogP contribution < -0.4 is 20.5 Å². The fourth-order valence-corrected chi connectivity index (χ4v) is 1.65. The maximum Gasteiger partial charge on any atom is 0.231 e. The molecule has 2 rings (SSSR count). The molecule has 0 aromatic heterocycles. The molecule has 1 heterocycles. The number of para-hydroxylation sites is 1. The summed E-state index contributed by atoms with van der Waals surface area (Å²) >= 11 is 0. The van der Waals surface area contributed by atoms with Crippen molar-refractivity contribution in [3.63, 3.8) is 0 Å². The summed E-state index contributed by atoms with van der Waals surface area (Å²) in [6.45, 7) is 3.25. The number of fused-ring (bicyclic) bond motifs is 1. The van der Waals surface area contributed by atoms with Crippen molar-refractivity contribution in [2.24, 2.45) is 11.7 Å². The maximum absolute atomic E-state index is 10.9. The van der Waals surface area contributed by atoms with E-state index in [1.807, 2.05) is 18.2 Å². The van der Waals surface area contributed by atoms with E-state index in [1.54, 1.807) is 6.92 Å². The van der Waals surface area contributed by atoms with E-state index in [1.165, 1.54) is 0 Å². The summed E-state index contributed by atoms with van der Waals surface area (Å²) < 4.78 is 10.7. The number of nitrogens with two attached hydrogens (primary N) is 1. The molecule has 0 saturated carbocycles. The minimum Gasteiger partial charge on any atom is -0.454 e. The highest BCUT2D eigenvalue weighted by Crippen LogP contribution is 2.35. The third-order valence-electron chi connectivity index (χ3n) is 2.73. The SMILES string of the molecule is CC(CNCc1cccc2c1OCO2)C(N)=O. The maximum atomic E-state index is 10.9. The summed E-state index contributed by atoms with van der Waals surface area (Å²) in [4.78, 5) is 10.9. The molecule has 1 amide bonds. The molecule has 0 saturated heterocycles. The Morgan fingerprint density at radius 1 is 1.53 bits per heavy atom. The van der Waals surface area contributed by atoms with Crippen LogP contribution in [0.25, 0.3) is 0 Å². The molecular formula is C12H16N2O3. The molecule has 1 aromatic carbocycles. The van der Waals surface area contributed by atoms with Crippen LogP contribution in [-0.2, 0) is 11.3 Å². The van der Waals surface area contributed by atoms with Gasteiger partial charge in [-0.25, -0.2) is 0 Å². The highest BCUT2D eigenvalue weighted by atomic mass is 16.7. The number of rotatable bonds is 5. The van der Waals surface area contributed by atoms with Gasteiger partial charge >= 0.3 is 0 Å². The molecule has 1 aliphatic rings. The van der Waals surface area contributed by atoms with E-state index in [2.05, 4.69) is 5.32 Å². The molecular weight excluding hydrogens is 220 g/mol. The fourth-order valence-electron chi connectivity index (χ4n) is 1.65. The Kier molecular flexibility index (Phi) is 3.49. The van der Waals surface area contributed by atoms with E-state index in [4.69, 9.17) is 15.2 Å². The van der Waals surface area contributed by atoms with E-state index >= 15 is 0 Å². The molecule has 0 aliphatic carbocycles. The van der Waals surface area contributed by atoms with Gasteiger partial charge in [-0.15, -0.1) is 0 Å². The Morgan fingerprint density at radius 2 is 2.35 bits per heavy atom. The Balaban J connectivity index is 1.92.